The molecule has 18 heteroatoms. The molecule has 0 saturated heterocycles. The molecule has 0 N–H and O–H groups in total. The number of thiophene rings is 1. The molecule has 0 saturated carbocycles. The zero-order chi connectivity index (χ0) is 48.5. The van der Waals surface area contributed by atoms with E-state index < -0.39 is 0 Å². The van der Waals surface area contributed by atoms with Crippen LogP contribution >= 0.6 is 11.3 Å². The molecule has 8 aromatic rings. The highest BCUT2D eigenvalue weighted by Gasteiger charge is 2.20. The summed E-state index contributed by atoms with van der Waals surface area (Å²) in [6.07, 6.45) is 12.5. The largest absolute Gasteiger partial charge is 0.283 e. The molecule has 1 aliphatic heterocycles. The molecule has 68 heavy (non-hydrogen) atoms. The van der Waals surface area contributed by atoms with E-state index in [0.29, 0.717) is 40.6 Å². The average Bonchev–Trinajstić information content (AvgIpc) is 4.15. The van der Waals surface area contributed by atoms with E-state index in [9.17, 15) is 13.2 Å². The first kappa shape index (κ1) is 63.9. The number of aliphatic imine (C=N–C) groups is 1. The van der Waals surface area contributed by atoms with Crippen molar-refractivity contribution >= 4 is 58.2 Å². The van der Waals surface area contributed by atoms with Gasteiger partial charge in [-0.2, -0.15) is 5.10 Å². The second-order valence-corrected chi connectivity index (χ2v) is 13.2. The zero-order valence-electron chi connectivity index (χ0n) is 42.1. The summed E-state index contributed by atoms with van der Waals surface area (Å²) < 4.78 is 42.5. The Morgan fingerprint density at radius 3 is 1.59 bits per heavy atom. The lowest BCUT2D eigenvalue weighted by Gasteiger charge is -2.08. The molecule has 0 spiro atoms. The molecule has 9 heterocycles. The van der Waals surface area contributed by atoms with Crippen molar-refractivity contribution in [3.63, 3.8) is 0 Å². The van der Waals surface area contributed by atoms with E-state index in [0.717, 1.165) is 69.2 Å². The molecule has 9 radical (unpaired) electrons. The van der Waals surface area contributed by atoms with Crippen molar-refractivity contribution in [1.29, 1.82) is 0 Å². The summed E-state index contributed by atoms with van der Waals surface area (Å²) >= 11 is 1.63. The number of rotatable bonds is 6. The van der Waals surface area contributed by atoms with Crippen LogP contribution in [0.1, 0.15) is 125 Å². The van der Waals surface area contributed by atoms with Crippen LogP contribution in [0.25, 0.3) is 49.9 Å². The smallest absolute Gasteiger partial charge is 0.161 e. The van der Waals surface area contributed by atoms with E-state index in [-0.39, 0.29) is 42.7 Å². The Morgan fingerprint density at radius 1 is 0.574 bits per heavy atom. The summed E-state index contributed by atoms with van der Waals surface area (Å²) in [5.74, 6) is -0.0749. The van der Waals surface area contributed by atoms with Gasteiger partial charge in [0.15, 0.2) is 17.3 Å². The lowest BCUT2D eigenvalue weighted by atomic mass is 10.1. The summed E-state index contributed by atoms with van der Waals surface area (Å²) in [4.78, 5) is 38.3. The van der Waals surface area contributed by atoms with Crippen molar-refractivity contribution in [2.45, 2.75) is 123 Å². The summed E-state index contributed by atoms with van der Waals surface area (Å²) in [6, 6.07) is 9.93. The molecule has 0 aromatic carbocycles. The fourth-order valence-corrected chi connectivity index (χ4v) is 6.87. The number of halogens is 3. The molecule has 0 aliphatic carbocycles. The predicted octanol–water partition coefficient (Wildman–Crippen LogP) is 12.5. The highest BCUT2D eigenvalue weighted by atomic mass is 32.1. The van der Waals surface area contributed by atoms with Crippen LogP contribution in [0.4, 0.5) is 13.2 Å². The van der Waals surface area contributed by atoms with E-state index in [2.05, 4.69) is 56.9 Å². The first-order valence-corrected chi connectivity index (χ1v) is 23.4. The van der Waals surface area contributed by atoms with Gasteiger partial charge < -0.3 is 0 Å². The molecule has 9 rings (SSSR count). The molecule has 0 unspecified atom stereocenters. The minimum atomic E-state index is -0.384. The maximum atomic E-state index is 13.2. The summed E-state index contributed by atoms with van der Waals surface area (Å²) in [5.41, 5.74) is 10.1. The maximum absolute atomic E-state index is 13.2. The van der Waals surface area contributed by atoms with Crippen LogP contribution in [0, 0.1) is 17.5 Å². The molecule has 1 aliphatic rings. The number of nitrogens with zero attached hydrogens (tertiary/aromatic N) is 11. The fraction of sp³-hybridized carbons (Fsp3) is 0.360. The van der Waals surface area contributed by atoms with Crippen molar-refractivity contribution in [2.24, 2.45) is 4.99 Å². The van der Waals surface area contributed by atoms with Crippen molar-refractivity contribution in [2.75, 3.05) is 0 Å². The molecular formula is C50H64B3F3N11S. The minimum absolute atomic E-state index is 0. The molecule has 0 bridgehead atoms. The molecule has 0 fully saturated rings. The number of aromatic nitrogens is 10. The summed E-state index contributed by atoms with van der Waals surface area (Å²) in [6.45, 7) is 28.7. The fourth-order valence-electron chi connectivity index (χ4n) is 5.98. The first-order valence-electron chi connectivity index (χ1n) is 22.6. The summed E-state index contributed by atoms with van der Waals surface area (Å²) in [5, 5.41) is 6.20. The maximum Gasteiger partial charge on any atom is 0.161 e. The van der Waals surface area contributed by atoms with Gasteiger partial charge in [-0.3, -0.25) is 19.9 Å². The van der Waals surface area contributed by atoms with Crippen LogP contribution in [0.3, 0.4) is 0 Å². The normalized spacial score (nSPS) is 9.99. The second kappa shape index (κ2) is 34.2. The van der Waals surface area contributed by atoms with Gasteiger partial charge in [0.05, 0.1) is 64.3 Å². The van der Waals surface area contributed by atoms with Crippen LogP contribution in [-0.4, -0.2) is 80.4 Å². The third kappa shape index (κ3) is 16.9. The third-order valence-electron chi connectivity index (χ3n) is 8.68. The van der Waals surface area contributed by atoms with Crippen LogP contribution < -0.4 is 0 Å². The third-order valence-corrected chi connectivity index (χ3v) is 9.63. The van der Waals surface area contributed by atoms with E-state index in [1.807, 2.05) is 114 Å². The van der Waals surface area contributed by atoms with E-state index in [1.54, 1.807) is 40.6 Å². The van der Waals surface area contributed by atoms with Crippen molar-refractivity contribution in [3.05, 3.63) is 131 Å². The van der Waals surface area contributed by atoms with Gasteiger partial charge in [0, 0.05) is 83.5 Å². The van der Waals surface area contributed by atoms with Gasteiger partial charge in [0.25, 0.3) is 0 Å². The van der Waals surface area contributed by atoms with E-state index in [1.165, 1.54) is 36.8 Å². The Hall–Kier alpha value is -6.16. The number of pyridine rings is 3. The number of aryl methyl sites for hydroxylation is 3. The minimum Gasteiger partial charge on any atom is -0.283 e. The topological polar surface area (TPSA) is 133 Å². The van der Waals surface area contributed by atoms with Crippen LogP contribution in [0.2, 0.25) is 0 Å². The first-order chi connectivity index (χ1) is 31.7. The monoisotopic (exact) mass is 941 g/mol. The lowest BCUT2D eigenvalue weighted by Crippen LogP contribution is -2.06. The quantitative estimate of drug-likeness (QED) is 0.149. The van der Waals surface area contributed by atoms with Gasteiger partial charge in [0.1, 0.15) is 17.5 Å². The lowest BCUT2D eigenvalue weighted by molar-refractivity contribution is 0.621. The molecule has 0 atom stereocenters. The number of fused-ring (bicyclic) bond motifs is 3. The predicted molar refractivity (Wildman–Crippen MR) is 280 cm³/mol. The highest BCUT2D eigenvalue weighted by molar-refractivity contribution is 7.17. The number of hydrogen-bond donors (Lipinski definition) is 0. The van der Waals surface area contributed by atoms with Gasteiger partial charge in [-0.15, -0.1) is 11.3 Å². The molecule has 355 valence electrons. The Morgan fingerprint density at radius 2 is 1.07 bits per heavy atom. The van der Waals surface area contributed by atoms with E-state index in [4.69, 9.17) is 0 Å². The molecular weight excluding hydrogens is 876 g/mol. The average molecular weight is 941 g/mol. The Bertz CT molecular complexity index is 2570. The Kier molecular flexibility index (Phi) is 32.1. The standard InChI is InChI=1S/C14H13FN4.C13H11FN4.C13H10FN3S.5C2H6.3B/c1-3-12-11-7-17-8(2)13(11)19-14(18-12)9-4-10(15)6-16-5-9;1-2-11-6-12(9-5-10(14)8-15-7-9)17-13-3-4-16-18(11)13;1-2-10-12-11(3-4-18-12)17-13(16-10)8-5-9(14)7-15-6-8;5*1-2;;;/h4-6H,3,7H2,1-2H3;3-8H,2H2,1H3;3-7H,2H2,1H3;5*1-2H3;;;. The van der Waals surface area contributed by atoms with Gasteiger partial charge >= 0.3 is 0 Å². The molecule has 0 amide bonds. The van der Waals surface area contributed by atoms with Gasteiger partial charge in [-0.05, 0) is 61.9 Å². The van der Waals surface area contributed by atoms with Crippen LogP contribution in [0.15, 0.2) is 90.1 Å². The molecule has 11 nitrogen and oxygen atoms in total. The van der Waals surface area contributed by atoms with Crippen molar-refractivity contribution in [3.8, 4) is 34.0 Å². The van der Waals surface area contributed by atoms with Crippen LogP contribution in [0.5, 0.6) is 0 Å². The van der Waals surface area contributed by atoms with E-state index >= 15 is 0 Å². The van der Waals surface area contributed by atoms with Gasteiger partial charge in [0.2, 0.25) is 0 Å². The number of hydrogen-bond acceptors (Lipinski definition) is 11. The molecule has 8 aromatic heterocycles. The van der Waals surface area contributed by atoms with Crippen molar-refractivity contribution < 1.29 is 13.2 Å². The van der Waals surface area contributed by atoms with Gasteiger partial charge in [-0.1, -0.05) is 90.0 Å². The Labute approximate surface area is 411 Å². The van der Waals surface area contributed by atoms with Crippen LogP contribution in [-0.2, 0) is 25.8 Å². The van der Waals surface area contributed by atoms with Crippen molar-refractivity contribution in [1.82, 2.24) is 49.5 Å². The van der Waals surface area contributed by atoms with Gasteiger partial charge in [-0.25, -0.2) is 42.6 Å². The zero-order valence-corrected chi connectivity index (χ0v) is 42.9. The Balaban J connectivity index is 0. The summed E-state index contributed by atoms with van der Waals surface area (Å²) in [7, 11) is 0. The second-order valence-electron chi connectivity index (χ2n) is 12.3. The highest BCUT2D eigenvalue weighted by Crippen LogP contribution is 2.27. The SMILES string of the molecule is CC.CC.CC.CC.CC.CCc1cc(-c2cncc(F)c2)nc2ccnn12.CCc1nc(-c2cncc(F)c2)nc2c1CN=C2C.CCc1nc(-c2cncc(F)c2)nc2ccsc12.[B].[B].[B].